The van der Waals surface area contributed by atoms with Gasteiger partial charge in [0.25, 0.3) is 0 Å². The maximum atomic E-state index is 12.8. The summed E-state index contributed by atoms with van der Waals surface area (Å²) in [6.07, 6.45) is 7.17. The van der Waals surface area contributed by atoms with Crippen LogP contribution in [0.5, 0.6) is 0 Å². The van der Waals surface area contributed by atoms with Crippen LogP contribution in [0, 0.1) is 34.5 Å². The number of hydrogen-bond acceptors (Lipinski definition) is 5. The van der Waals surface area contributed by atoms with Gasteiger partial charge < -0.3 is 14.6 Å². The summed E-state index contributed by atoms with van der Waals surface area (Å²) in [5.74, 6) is -2.36. The van der Waals surface area contributed by atoms with E-state index >= 15 is 0 Å². The lowest BCUT2D eigenvalue weighted by molar-refractivity contribution is -0.172. The van der Waals surface area contributed by atoms with Crippen LogP contribution in [0.25, 0.3) is 0 Å². The van der Waals surface area contributed by atoms with Gasteiger partial charge in [0.15, 0.2) is 0 Å². The molecule has 4 aliphatic carbocycles. The van der Waals surface area contributed by atoms with Crippen LogP contribution in [0.3, 0.4) is 0 Å². The van der Waals surface area contributed by atoms with E-state index in [0.29, 0.717) is 25.7 Å². The van der Waals surface area contributed by atoms with Crippen LogP contribution in [0.15, 0.2) is 12.2 Å². The second-order valence-corrected chi connectivity index (χ2v) is 9.79. The van der Waals surface area contributed by atoms with E-state index in [0.717, 1.165) is 6.42 Å². The number of esters is 2. The monoisotopic (exact) mass is 376 g/mol. The first-order valence-corrected chi connectivity index (χ1v) is 9.95. The van der Waals surface area contributed by atoms with E-state index in [1.54, 1.807) is 0 Å². The highest BCUT2D eigenvalue weighted by atomic mass is 16.6. The maximum absolute atomic E-state index is 12.8. The molecule has 6 heteroatoms. The molecule has 146 valence electrons. The van der Waals surface area contributed by atoms with Crippen LogP contribution >= 0.6 is 0 Å². The molecule has 5 aliphatic rings. The summed E-state index contributed by atoms with van der Waals surface area (Å²) in [5, 5.41) is 10.3. The van der Waals surface area contributed by atoms with Crippen LogP contribution in [0.2, 0.25) is 0 Å². The highest BCUT2D eigenvalue weighted by Gasteiger charge is 2.83. The average molecular weight is 376 g/mol. The summed E-state index contributed by atoms with van der Waals surface area (Å²) in [4.78, 5) is 37.2. The molecule has 1 saturated heterocycles. The Morgan fingerprint density at radius 1 is 1.41 bits per heavy atom. The molecule has 1 heterocycles. The molecule has 1 aliphatic heterocycles. The lowest BCUT2D eigenvalue weighted by Crippen LogP contribution is -2.49. The van der Waals surface area contributed by atoms with Gasteiger partial charge in [-0.1, -0.05) is 19.1 Å². The number of aliphatic carboxylic acids is 1. The van der Waals surface area contributed by atoms with E-state index in [1.807, 2.05) is 19.1 Å². The Morgan fingerprint density at radius 2 is 2.15 bits per heavy atom. The van der Waals surface area contributed by atoms with E-state index in [2.05, 4.69) is 6.92 Å². The van der Waals surface area contributed by atoms with Crippen LogP contribution in [-0.2, 0) is 23.9 Å². The first-order chi connectivity index (χ1) is 12.6. The Kier molecular flexibility index (Phi) is 3.04. The highest BCUT2D eigenvalue weighted by molar-refractivity contribution is 5.86. The zero-order chi connectivity index (χ0) is 19.4. The van der Waals surface area contributed by atoms with Crippen molar-refractivity contribution in [1.29, 1.82) is 0 Å². The first-order valence-electron chi connectivity index (χ1n) is 9.95. The zero-order valence-electron chi connectivity index (χ0n) is 16.0. The molecule has 1 spiro atoms. The SMILES string of the molecule is CC(=O)O[C@]12CC[C@@H]3[C@](CC1C)(C2)[C@@H](C(=O)O)[C@H]1[C@@]32CC=[14CH][C@]1(C)C(=O)O2. The van der Waals surface area contributed by atoms with Crippen LogP contribution < -0.4 is 0 Å². The normalized spacial score (nSPS) is 54.3. The zero-order valence-corrected chi connectivity index (χ0v) is 16.0. The summed E-state index contributed by atoms with van der Waals surface area (Å²) in [5.41, 5.74) is -2.69. The molecule has 8 atom stereocenters. The highest BCUT2D eigenvalue weighted by Crippen LogP contribution is 2.78. The van der Waals surface area contributed by atoms with Crippen molar-refractivity contribution in [2.24, 2.45) is 34.5 Å². The lowest BCUT2D eigenvalue weighted by Gasteiger charge is -2.46. The Hall–Kier alpha value is -1.85. The maximum Gasteiger partial charge on any atom is 0.316 e. The number of carbonyl (C=O) groups is 3. The minimum absolute atomic E-state index is 0.000424. The van der Waals surface area contributed by atoms with Gasteiger partial charge in [0.1, 0.15) is 11.2 Å². The molecule has 1 unspecified atom stereocenters. The van der Waals surface area contributed by atoms with E-state index in [-0.39, 0.29) is 29.7 Å². The predicted octanol–water partition coefficient (Wildman–Crippen LogP) is 2.71. The van der Waals surface area contributed by atoms with Crippen molar-refractivity contribution in [2.45, 2.75) is 64.1 Å². The molecular weight excluding hydrogens is 350 g/mol. The van der Waals surface area contributed by atoms with Gasteiger partial charge in [0.2, 0.25) is 0 Å². The number of hydrogen-bond donors (Lipinski definition) is 1. The van der Waals surface area contributed by atoms with Gasteiger partial charge in [0, 0.05) is 25.2 Å². The van der Waals surface area contributed by atoms with Crippen molar-refractivity contribution in [3.8, 4) is 0 Å². The number of carboxylic acid groups (broad SMARTS) is 1. The van der Waals surface area contributed by atoms with Crippen LogP contribution in [0.1, 0.15) is 52.9 Å². The van der Waals surface area contributed by atoms with Gasteiger partial charge in [-0.2, -0.15) is 0 Å². The molecule has 5 rings (SSSR count). The summed E-state index contributed by atoms with van der Waals surface area (Å²) < 4.78 is 11.9. The van der Waals surface area contributed by atoms with E-state index in [9.17, 15) is 19.5 Å². The van der Waals surface area contributed by atoms with Crippen molar-refractivity contribution < 1.29 is 29.0 Å². The minimum atomic E-state index is -0.886. The van der Waals surface area contributed by atoms with Crippen molar-refractivity contribution in [2.75, 3.05) is 0 Å². The number of carbonyl (C=O) groups excluding carboxylic acids is 2. The standard InChI is InChI=1S/C21H26O6/c1-11-9-19-10-20(11,26-12(2)22)8-5-13(19)21-7-4-6-18(3,17(25)27-21)15(21)14(19)16(23)24/h4,6,11,13-15H,5,7-10H2,1-3H3,(H,23,24)/t11?,13-,14-,15-,18+,19+,20+,21-/m1/s1/i6+2. The third-order valence-electron chi connectivity index (χ3n) is 8.71. The number of carboxylic acids is 1. The van der Waals surface area contributed by atoms with Crippen molar-refractivity contribution in [3.05, 3.63) is 12.2 Å². The fourth-order valence-corrected chi connectivity index (χ4v) is 8.08. The van der Waals surface area contributed by atoms with Gasteiger partial charge in [0.05, 0.1) is 11.3 Å². The smallest absolute Gasteiger partial charge is 0.316 e. The van der Waals surface area contributed by atoms with Crippen LogP contribution in [-0.4, -0.2) is 34.2 Å². The summed E-state index contributed by atoms with van der Waals surface area (Å²) >= 11 is 0. The topological polar surface area (TPSA) is 89.9 Å². The van der Waals surface area contributed by atoms with Gasteiger partial charge in [-0.3, -0.25) is 14.4 Å². The van der Waals surface area contributed by atoms with Crippen molar-refractivity contribution >= 4 is 17.9 Å². The lowest BCUT2D eigenvalue weighted by atomic mass is 9.62. The number of rotatable bonds is 2. The number of ether oxygens (including phenoxy) is 2. The van der Waals surface area contributed by atoms with E-state index in [4.69, 9.17) is 9.47 Å². The van der Waals surface area contributed by atoms with E-state index in [1.165, 1.54) is 6.92 Å². The third kappa shape index (κ3) is 1.71. The first kappa shape index (κ1) is 17.3. The predicted molar refractivity (Wildman–Crippen MR) is 93.4 cm³/mol. The van der Waals surface area contributed by atoms with Gasteiger partial charge in [-0.05, 0) is 43.9 Å². The molecule has 0 aromatic carbocycles. The molecular formula is C21H26O6. The molecule has 4 bridgehead atoms. The summed E-state index contributed by atoms with van der Waals surface area (Å²) in [6.45, 7) is 5.33. The number of fused-ring (bicyclic) bond motifs is 1. The quantitative estimate of drug-likeness (QED) is 0.589. The molecule has 0 radical (unpaired) electrons. The third-order valence-corrected chi connectivity index (χ3v) is 8.71. The minimum Gasteiger partial charge on any atom is -0.481 e. The van der Waals surface area contributed by atoms with Gasteiger partial charge in [-0.25, -0.2) is 0 Å². The van der Waals surface area contributed by atoms with Gasteiger partial charge >= 0.3 is 17.9 Å². The Balaban J connectivity index is 1.69. The van der Waals surface area contributed by atoms with Crippen molar-refractivity contribution in [1.82, 2.24) is 0 Å². The fourth-order valence-electron chi connectivity index (χ4n) is 8.08. The van der Waals surface area contributed by atoms with Crippen molar-refractivity contribution in [3.63, 3.8) is 0 Å². The average Bonchev–Trinajstić information content (AvgIpc) is 2.96. The Morgan fingerprint density at radius 3 is 2.81 bits per heavy atom. The van der Waals surface area contributed by atoms with Gasteiger partial charge in [-0.15, -0.1) is 0 Å². The summed E-state index contributed by atoms with van der Waals surface area (Å²) in [6, 6.07) is 0. The molecule has 0 amide bonds. The molecule has 0 aromatic heterocycles. The largest absolute Gasteiger partial charge is 0.481 e. The molecule has 0 aromatic rings. The molecule has 3 saturated carbocycles. The Bertz CT molecular complexity index is 802. The molecule has 1 N–H and O–H groups in total. The Labute approximate surface area is 158 Å². The van der Waals surface area contributed by atoms with Crippen LogP contribution in [0.4, 0.5) is 0 Å². The summed E-state index contributed by atoms with van der Waals surface area (Å²) in [7, 11) is 0. The fraction of sp³-hybridized carbons (Fsp3) is 0.762. The molecule has 27 heavy (non-hydrogen) atoms. The molecule has 4 fully saturated rings. The van der Waals surface area contributed by atoms with E-state index < -0.39 is 33.9 Å². The second kappa shape index (κ2) is 4.76. The molecule has 6 nitrogen and oxygen atoms in total. The second-order valence-electron chi connectivity index (χ2n) is 9.79.